The standard InChI is InChI=1S/C8H9N3O5/c12-3-5(8(15)16)11-7(14)4-1-10-6(13)2-9-4/h1-2,5,12H,3H2,(H,10,13)(H,11,14)(H,15,16)/t5-/m1/s1. The van der Waals surface area contributed by atoms with Crippen LogP contribution in [0.15, 0.2) is 17.2 Å². The Morgan fingerprint density at radius 1 is 1.56 bits per heavy atom. The van der Waals surface area contributed by atoms with E-state index in [0.29, 0.717) is 0 Å². The van der Waals surface area contributed by atoms with Gasteiger partial charge >= 0.3 is 5.97 Å². The first-order chi connectivity index (χ1) is 7.54. The van der Waals surface area contributed by atoms with Crippen molar-refractivity contribution < 1.29 is 19.8 Å². The molecule has 1 amide bonds. The Kier molecular flexibility index (Phi) is 3.72. The molecule has 1 heterocycles. The van der Waals surface area contributed by atoms with Crippen LogP contribution in [-0.4, -0.2) is 44.7 Å². The average molecular weight is 227 g/mol. The Labute approximate surface area is 89.0 Å². The van der Waals surface area contributed by atoms with Crippen LogP contribution in [0.4, 0.5) is 0 Å². The summed E-state index contributed by atoms with van der Waals surface area (Å²) in [5.41, 5.74) is -0.618. The maximum atomic E-state index is 11.4. The molecule has 1 aromatic heterocycles. The van der Waals surface area contributed by atoms with E-state index in [0.717, 1.165) is 12.4 Å². The maximum absolute atomic E-state index is 11.4. The van der Waals surface area contributed by atoms with E-state index in [1.165, 1.54) is 0 Å². The molecule has 0 bridgehead atoms. The molecule has 0 saturated carbocycles. The molecule has 8 nitrogen and oxygen atoms in total. The van der Waals surface area contributed by atoms with Crippen LogP contribution in [0.3, 0.4) is 0 Å². The van der Waals surface area contributed by atoms with Gasteiger partial charge in [0.15, 0.2) is 6.04 Å². The number of amides is 1. The number of H-pyrrole nitrogens is 1. The molecule has 86 valence electrons. The molecule has 0 spiro atoms. The summed E-state index contributed by atoms with van der Waals surface area (Å²) in [6, 6.07) is -1.40. The second kappa shape index (κ2) is 5.03. The first-order valence-corrected chi connectivity index (χ1v) is 4.24. The Morgan fingerprint density at radius 2 is 2.25 bits per heavy atom. The highest BCUT2D eigenvalue weighted by atomic mass is 16.4. The van der Waals surface area contributed by atoms with Gasteiger partial charge in [0, 0.05) is 6.20 Å². The first-order valence-electron chi connectivity index (χ1n) is 4.24. The van der Waals surface area contributed by atoms with Crippen molar-refractivity contribution >= 4 is 11.9 Å². The number of aromatic nitrogens is 2. The van der Waals surface area contributed by atoms with Crippen molar-refractivity contribution in [3.05, 3.63) is 28.4 Å². The normalized spacial score (nSPS) is 11.8. The Hall–Kier alpha value is -2.22. The van der Waals surface area contributed by atoms with Crippen molar-refractivity contribution in [2.45, 2.75) is 6.04 Å². The van der Waals surface area contributed by atoms with E-state index < -0.39 is 30.1 Å². The van der Waals surface area contributed by atoms with Gasteiger partial charge in [-0.05, 0) is 0 Å². The van der Waals surface area contributed by atoms with Crippen molar-refractivity contribution in [2.75, 3.05) is 6.61 Å². The molecule has 0 aliphatic carbocycles. The van der Waals surface area contributed by atoms with E-state index in [1.54, 1.807) is 0 Å². The van der Waals surface area contributed by atoms with E-state index in [1.807, 2.05) is 5.32 Å². The van der Waals surface area contributed by atoms with Crippen molar-refractivity contribution in [1.82, 2.24) is 15.3 Å². The number of aromatic amines is 1. The largest absolute Gasteiger partial charge is 0.480 e. The van der Waals surface area contributed by atoms with Crippen LogP contribution in [0.2, 0.25) is 0 Å². The lowest BCUT2D eigenvalue weighted by Gasteiger charge is -2.10. The second-order valence-electron chi connectivity index (χ2n) is 2.84. The number of hydrogen-bond donors (Lipinski definition) is 4. The van der Waals surface area contributed by atoms with E-state index in [9.17, 15) is 14.4 Å². The minimum Gasteiger partial charge on any atom is -0.480 e. The lowest BCUT2D eigenvalue weighted by atomic mass is 10.3. The van der Waals surface area contributed by atoms with Gasteiger partial charge in [-0.25, -0.2) is 9.78 Å². The maximum Gasteiger partial charge on any atom is 0.328 e. The van der Waals surface area contributed by atoms with Crippen LogP contribution in [0.1, 0.15) is 10.5 Å². The monoisotopic (exact) mass is 227 g/mol. The fourth-order valence-corrected chi connectivity index (χ4v) is 0.884. The van der Waals surface area contributed by atoms with Gasteiger partial charge in [-0.2, -0.15) is 0 Å². The Bertz CT molecular complexity index is 435. The summed E-state index contributed by atoms with van der Waals surface area (Å²) in [5.74, 6) is -2.15. The molecule has 0 aliphatic rings. The number of aliphatic hydroxyl groups excluding tert-OH is 1. The van der Waals surface area contributed by atoms with Gasteiger partial charge < -0.3 is 20.5 Å². The summed E-state index contributed by atoms with van der Waals surface area (Å²) >= 11 is 0. The first kappa shape index (κ1) is 11.9. The zero-order valence-electron chi connectivity index (χ0n) is 8.01. The number of carbonyl (C=O) groups is 2. The van der Waals surface area contributed by atoms with E-state index in [-0.39, 0.29) is 5.69 Å². The topological polar surface area (TPSA) is 132 Å². The molecule has 8 heteroatoms. The molecule has 1 rings (SSSR count). The smallest absolute Gasteiger partial charge is 0.328 e. The van der Waals surface area contributed by atoms with Crippen LogP contribution in [0.25, 0.3) is 0 Å². The highest BCUT2D eigenvalue weighted by Gasteiger charge is 2.20. The Balaban J connectivity index is 2.75. The summed E-state index contributed by atoms with van der Waals surface area (Å²) in [6.07, 6.45) is 1.94. The van der Waals surface area contributed by atoms with E-state index in [4.69, 9.17) is 10.2 Å². The lowest BCUT2D eigenvalue weighted by molar-refractivity contribution is -0.140. The molecule has 0 aromatic carbocycles. The molecule has 1 atom stereocenters. The number of carboxylic acid groups (broad SMARTS) is 1. The van der Waals surface area contributed by atoms with E-state index in [2.05, 4.69) is 9.97 Å². The van der Waals surface area contributed by atoms with Gasteiger partial charge in [-0.15, -0.1) is 0 Å². The van der Waals surface area contributed by atoms with Crippen LogP contribution >= 0.6 is 0 Å². The highest BCUT2D eigenvalue weighted by molar-refractivity contribution is 5.94. The molecular formula is C8H9N3O5. The predicted octanol–water partition coefficient (Wildman–Crippen LogP) is -2.05. The summed E-state index contributed by atoms with van der Waals surface area (Å²) < 4.78 is 0. The third-order valence-electron chi connectivity index (χ3n) is 1.69. The molecular weight excluding hydrogens is 218 g/mol. The second-order valence-corrected chi connectivity index (χ2v) is 2.84. The van der Waals surface area contributed by atoms with Crippen molar-refractivity contribution in [3.8, 4) is 0 Å². The fraction of sp³-hybridized carbons (Fsp3) is 0.250. The number of aliphatic hydroxyl groups is 1. The molecule has 4 N–H and O–H groups in total. The van der Waals surface area contributed by atoms with Gasteiger partial charge in [0.2, 0.25) is 0 Å². The quantitative estimate of drug-likeness (QED) is 0.467. The molecule has 0 radical (unpaired) electrons. The summed E-state index contributed by atoms with van der Waals surface area (Å²) in [7, 11) is 0. The number of nitrogens with zero attached hydrogens (tertiary/aromatic N) is 1. The van der Waals surface area contributed by atoms with Gasteiger partial charge in [0.05, 0.1) is 12.8 Å². The van der Waals surface area contributed by atoms with Gasteiger partial charge in [-0.3, -0.25) is 9.59 Å². The zero-order chi connectivity index (χ0) is 12.1. The molecule has 0 aliphatic heterocycles. The minimum atomic E-state index is -1.40. The minimum absolute atomic E-state index is 0.140. The number of carboxylic acids is 1. The van der Waals surface area contributed by atoms with Crippen molar-refractivity contribution in [1.29, 1.82) is 0 Å². The SMILES string of the molecule is O=C(N[C@H](CO)C(=O)O)c1c[nH]c(=O)cn1. The molecule has 0 fully saturated rings. The third kappa shape index (κ3) is 2.89. The van der Waals surface area contributed by atoms with Crippen LogP contribution in [-0.2, 0) is 4.79 Å². The van der Waals surface area contributed by atoms with Crippen molar-refractivity contribution in [2.24, 2.45) is 0 Å². The number of rotatable bonds is 4. The molecule has 0 unspecified atom stereocenters. The number of nitrogens with one attached hydrogen (secondary N) is 2. The van der Waals surface area contributed by atoms with Crippen LogP contribution < -0.4 is 10.9 Å². The Morgan fingerprint density at radius 3 is 2.69 bits per heavy atom. The van der Waals surface area contributed by atoms with Crippen LogP contribution in [0.5, 0.6) is 0 Å². The summed E-state index contributed by atoms with van der Waals surface area (Å²) in [4.78, 5) is 38.2. The number of carbonyl (C=O) groups excluding carboxylic acids is 1. The molecule has 0 saturated heterocycles. The average Bonchev–Trinajstić information content (AvgIpc) is 2.26. The van der Waals surface area contributed by atoms with Gasteiger partial charge in [-0.1, -0.05) is 0 Å². The number of aliphatic carboxylic acids is 1. The lowest BCUT2D eigenvalue weighted by Crippen LogP contribution is -2.43. The molecule has 16 heavy (non-hydrogen) atoms. The fourth-order valence-electron chi connectivity index (χ4n) is 0.884. The molecule has 1 aromatic rings. The summed E-state index contributed by atoms with van der Waals surface area (Å²) in [6.45, 7) is -0.732. The highest BCUT2D eigenvalue weighted by Crippen LogP contribution is 1.90. The van der Waals surface area contributed by atoms with Crippen molar-refractivity contribution in [3.63, 3.8) is 0 Å². The number of hydrogen-bond acceptors (Lipinski definition) is 5. The van der Waals surface area contributed by atoms with Gasteiger partial charge in [0.25, 0.3) is 11.5 Å². The van der Waals surface area contributed by atoms with Crippen LogP contribution in [0, 0.1) is 0 Å². The third-order valence-corrected chi connectivity index (χ3v) is 1.69. The summed E-state index contributed by atoms with van der Waals surface area (Å²) in [5, 5.41) is 19.3. The predicted molar refractivity (Wildman–Crippen MR) is 50.8 cm³/mol. The zero-order valence-corrected chi connectivity index (χ0v) is 8.01. The van der Waals surface area contributed by atoms with E-state index >= 15 is 0 Å². The van der Waals surface area contributed by atoms with Gasteiger partial charge in [0.1, 0.15) is 5.69 Å².